The van der Waals surface area contributed by atoms with Crippen molar-refractivity contribution in [2.24, 2.45) is 5.92 Å². The van der Waals surface area contributed by atoms with Crippen LogP contribution in [0.3, 0.4) is 0 Å². The highest BCUT2D eigenvalue weighted by molar-refractivity contribution is 9.08. The minimum atomic E-state index is 0.768. The van der Waals surface area contributed by atoms with Gasteiger partial charge in [0.1, 0.15) is 0 Å². The van der Waals surface area contributed by atoms with Gasteiger partial charge >= 0.3 is 0 Å². The van der Waals surface area contributed by atoms with Gasteiger partial charge in [0.15, 0.2) is 0 Å². The molecule has 0 N–H and O–H groups in total. The number of nitrogens with zero attached hydrogens (tertiary/aromatic N) is 1. The molecule has 0 amide bonds. The van der Waals surface area contributed by atoms with E-state index in [4.69, 9.17) is 0 Å². The standard InChI is InChI=1S/C14H22BrN/c1-11(2)7-8-16(4)14-6-5-13(10-15)9-12(14)3/h5-6,9,11H,7-8,10H2,1-4H3. The van der Waals surface area contributed by atoms with E-state index in [1.165, 1.54) is 23.2 Å². The third-order valence-electron chi connectivity index (χ3n) is 2.87. The van der Waals surface area contributed by atoms with E-state index >= 15 is 0 Å². The molecule has 0 fully saturated rings. The van der Waals surface area contributed by atoms with Crippen LogP contribution in [0.25, 0.3) is 0 Å². The predicted octanol–water partition coefficient (Wildman–Crippen LogP) is 4.37. The molecule has 1 rings (SSSR count). The quantitative estimate of drug-likeness (QED) is 0.726. The molecule has 0 aromatic heterocycles. The van der Waals surface area contributed by atoms with Gasteiger partial charge in [-0.1, -0.05) is 41.9 Å². The molecule has 0 aliphatic carbocycles. The molecule has 1 nitrogen and oxygen atoms in total. The number of halogens is 1. The minimum Gasteiger partial charge on any atom is -0.374 e. The molecule has 0 saturated heterocycles. The lowest BCUT2D eigenvalue weighted by atomic mass is 10.1. The highest BCUT2D eigenvalue weighted by Crippen LogP contribution is 2.22. The minimum absolute atomic E-state index is 0.768. The topological polar surface area (TPSA) is 3.24 Å². The van der Waals surface area contributed by atoms with Crippen LogP contribution in [0, 0.1) is 12.8 Å². The highest BCUT2D eigenvalue weighted by atomic mass is 79.9. The Balaban J connectivity index is 2.71. The van der Waals surface area contributed by atoms with Crippen molar-refractivity contribution < 1.29 is 0 Å². The van der Waals surface area contributed by atoms with E-state index in [9.17, 15) is 0 Å². The molecule has 0 radical (unpaired) electrons. The van der Waals surface area contributed by atoms with Crippen LogP contribution in [0.15, 0.2) is 18.2 Å². The Hall–Kier alpha value is -0.500. The van der Waals surface area contributed by atoms with E-state index in [0.717, 1.165) is 17.8 Å². The van der Waals surface area contributed by atoms with Crippen molar-refractivity contribution in [3.05, 3.63) is 29.3 Å². The van der Waals surface area contributed by atoms with Crippen LogP contribution in [-0.2, 0) is 5.33 Å². The number of anilines is 1. The maximum absolute atomic E-state index is 3.49. The van der Waals surface area contributed by atoms with Crippen molar-refractivity contribution in [1.29, 1.82) is 0 Å². The third kappa shape index (κ3) is 3.82. The van der Waals surface area contributed by atoms with Gasteiger partial charge in [-0.2, -0.15) is 0 Å². The van der Waals surface area contributed by atoms with Crippen molar-refractivity contribution in [1.82, 2.24) is 0 Å². The molecular formula is C14H22BrN. The molecule has 0 saturated carbocycles. The summed E-state index contributed by atoms with van der Waals surface area (Å²) in [5.74, 6) is 0.768. The fourth-order valence-corrected chi connectivity index (χ4v) is 2.15. The average Bonchev–Trinajstić information content (AvgIpc) is 2.25. The Labute approximate surface area is 108 Å². The van der Waals surface area contributed by atoms with Gasteiger partial charge in [-0.05, 0) is 36.5 Å². The van der Waals surface area contributed by atoms with Crippen LogP contribution in [0.2, 0.25) is 0 Å². The first-order valence-electron chi connectivity index (χ1n) is 5.91. The van der Waals surface area contributed by atoms with E-state index < -0.39 is 0 Å². The van der Waals surface area contributed by atoms with E-state index in [0.29, 0.717) is 0 Å². The summed E-state index contributed by atoms with van der Waals surface area (Å²) in [6, 6.07) is 6.69. The number of hydrogen-bond donors (Lipinski definition) is 0. The maximum Gasteiger partial charge on any atom is 0.0393 e. The fraction of sp³-hybridized carbons (Fsp3) is 0.571. The molecule has 0 aliphatic rings. The Morgan fingerprint density at radius 3 is 2.50 bits per heavy atom. The van der Waals surface area contributed by atoms with Gasteiger partial charge in [-0.3, -0.25) is 0 Å². The summed E-state index contributed by atoms with van der Waals surface area (Å²) < 4.78 is 0. The number of benzene rings is 1. The van der Waals surface area contributed by atoms with Gasteiger partial charge in [0.25, 0.3) is 0 Å². The van der Waals surface area contributed by atoms with Gasteiger partial charge < -0.3 is 4.90 Å². The number of hydrogen-bond acceptors (Lipinski definition) is 1. The molecular weight excluding hydrogens is 262 g/mol. The van der Waals surface area contributed by atoms with Crippen molar-refractivity contribution in [3.63, 3.8) is 0 Å². The summed E-state index contributed by atoms with van der Waals surface area (Å²) in [5, 5.41) is 0.934. The second-order valence-electron chi connectivity index (χ2n) is 4.86. The molecule has 0 spiro atoms. The SMILES string of the molecule is Cc1cc(CBr)ccc1N(C)CCC(C)C. The van der Waals surface area contributed by atoms with Crippen molar-refractivity contribution in [2.45, 2.75) is 32.5 Å². The van der Waals surface area contributed by atoms with Crippen LogP contribution >= 0.6 is 15.9 Å². The smallest absolute Gasteiger partial charge is 0.0393 e. The molecule has 16 heavy (non-hydrogen) atoms. The second kappa shape index (κ2) is 6.29. The second-order valence-corrected chi connectivity index (χ2v) is 5.42. The van der Waals surface area contributed by atoms with Gasteiger partial charge in [0.05, 0.1) is 0 Å². The predicted molar refractivity (Wildman–Crippen MR) is 76.5 cm³/mol. The Morgan fingerprint density at radius 2 is 2.00 bits per heavy atom. The summed E-state index contributed by atoms with van der Waals surface area (Å²) in [4.78, 5) is 2.35. The van der Waals surface area contributed by atoms with Crippen LogP contribution in [-0.4, -0.2) is 13.6 Å². The van der Waals surface area contributed by atoms with E-state index in [-0.39, 0.29) is 0 Å². The Bertz CT molecular complexity index is 334. The molecule has 2 heteroatoms. The summed E-state index contributed by atoms with van der Waals surface area (Å²) in [5.41, 5.74) is 4.06. The first kappa shape index (κ1) is 13.6. The number of aryl methyl sites for hydroxylation is 1. The average molecular weight is 284 g/mol. The molecule has 0 unspecified atom stereocenters. The highest BCUT2D eigenvalue weighted by Gasteiger charge is 2.05. The normalized spacial score (nSPS) is 10.9. The lowest BCUT2D eigenvalue weighted by Gasteiger charge is -2.22. The summed E-state index contributed by atoms with van der Waals surface area (Å²) in [7, 11) is 2.18. The van der Waals surface area contributed by atoms with E-state index in [2.05, 4.69) is 66.8 Å². The summed E-state index contributed by atoms with van der Waals surface area (Å²) >= 11 is 3.49. The molecule has 0 bridgehead atoms. The van der Waals surface area contributed by atoms with Crippen LogP contribution in [0.4, 0.5) is 5.69 Å². The zero-order valence-corrected chi connectivity index (χ0v) is 12.3. The van der Waals surface area contributed by atoms with Crippen LogP contribution in [0.5, 0.6) is 0 Å². The fourth-order valence-electron chi connectivity index (χ4n) is 1.80. The zero-order valence-electron chi connectivity index (χ0n) is 10.8. The Morgan fingerprint density at radius 1 is 1.31 bits per heavy atom. The molecule has 1 aromatic rings. The maximum atomic E-state index is 3.49. The summed E-state index contributed by atoms with van der Waals surface area (Å²) in [6.45, 7) is 7.86. The molecule has 0 aliphatic heterocycles. The molecule has 0 heterocycles. The lowest BCUT2D eigenvalue weighted by Crippen LogP contribution is -2.20. The van der Waals surface area contributed by atoms with E-state index in [1.54, 1.807) is 0 Å². The Kier molecular flexibility index (Phi) is 5.33. The largest absolute Gasteiger partial charge is 0.374 e. The van der Waals surface area contributed by atoms with Crippen molar-refractivity contribution >= 4 is 21.6 Å². The van der Waals surface area contributed by atoms with Gasteiger partial charge in [-0.15, -0.1) is 0 Å². The van der Waals surface area contributed by atoms with Crippen molar-refractivity contribution in [3.8, 4) is 0 Å². The van der Waals surface area contributed by atoms with E-state index in [1.807, 2.05) is 0 Å². The lowest BCUT2D eigenvalue weighted by molar-refractivity contribution is 0.585. The van der Waals surface area contributed by atoms with Crippen LogP contribution in [0.1, 0.15) is 31.4 Å². The monoisotopic (exact) mass is 283 g/mol. The molecule has 1 aromatic carbocycles. The number of rotatable bonds is 5. The first-order valence-corrected chi connectivity index (χ1v) is 7.03. The molecule has 0 atom stereocenters. The zero-order chi connectivity index (χ0) is 12.1. The summed E-state index contributed by atoms with van der Waals surface area (Å²) in [6.07, 6.45) is 1.25. The van der Waals surface area contributed by atoms with Gasteiger partial charge in [0, 0.05) is 24.6 Å². The third-order valence-corrected chi connectivity index (χ3v) is 3.52. The first-order chi connectivity index (χ1) is 7.54. The number of alkyl halides is 1. The van der Waals surface area contributed by atoms with Crippen molar-refractivity contribution in [2.75, 3.05) is 18.5 Å². The van der Waals surface area contributed by atoms with Crippen LogP contribution < -0.4 is 4.90 Å². The van der Waals surface area contributed by atoms with Gasteiger partial charge in [0.2, 0.25) is 0 Å². The van der Waals surface area contributed by atoms with Gasteiger partial charge in [-0.25, -0.2) is 0 Å². The molecule has 90 valence electrons.